The van der Waals surface area contributed by atoms with Gasteiger partial charge < -0.3 is 28.4 Å². The van der Waals surface area contributed by atoms with Gasteiger partial charge in [-0.15, -0.1) is 0 Å². The summed E-state index contributed by atoms with van der Waals surface area (Å²) < 4.78 is 34.6. The largest absolute Gasteiger partial charge is 0.493 e. The number of methoxy groups -OCH3 is 2. The molecule has 0 saturated carbocycles. The lowest BCUT2D eigenvalue weighted by Crippen LogP contribution is -2.40. The summed E-state index contributed by atoms with van der Waals surface area (Å²) in [6.45, 7) is 9.08. The van der Waals surface area contributed by atoms with E-state index in [2.05, 4.69) is 9.73 Å². The molecule has 1 atom stereocenters. The van der Waals surface area contributed by atoms with Crippen LogP contribution in [-0.4, -0.2) is 56.6 Å². The molecule has 3 aromatic rings. The number of halogens is 1. The highest BCUT2D eigenvalue weighted by Gasteiger charge is 2.34. The molecule has 1 aliphatic rings. The van der Waals surface area contributed by atoms with Crippen molar-refractivity contribution in [1.29, 1.82) is 0 Å². The van der Waals surface area contributed by atoms with Crippen molar-refractivity contribution in [2.24, 2.45) is 4.99 Å². The molecule has 45 heavy (non-hydrogen) atoms. The van der Waals surface area contributed by atoms with Gasteiger partial charge in [-0.2, -0.15) is 0 Å². The van der Waals surface area contributed by atoms with E-state index in [1.165, 1.54) is 30.1 Å². The number of hydrogen-bond acceptors (Lipinski definition) is 11. The van der Waals surface area contributed by atoms with Gasteiger partial charge in [0.2, 0.25) is 0 Å². The zero-order chi connectivity index (χ0) is 32.8. The van der Waals surface area contributed by atoms with Crippen molar-refractivity contribution in [3.63, 3.8) is 0 Å². The van der Waals surface area contributed by atoms with E-state index in [0.717, 1.165) is 0 Å². The van der Waals surface area contributed by atoms with Crippen LogP contribution in [0.25, 0.3) is 6.08 Å². The number of nitrogens with zero attached hydrogens (tertiary/aromatic N) is 2. The molecular weight excluding hydrogens is 624 g/mol. The number of aromatic nitrogens is 1. The fraction of sp³-hybridized carbons (Fsp3) is 0.375. The van der Waals surface area contributed by atoms with Crippen LogP contribution in [0, 0.1) is 0 Å². The molecule has 2 aromatic carbocycles. The van der Waals surface area contributed by atoms with Crippen LogP contribution >= 0.6 is 22.9 Å². The summed E-state index contributed by atoms with van der Waals surface area (Å²) in [6.07, 6.45) is 1.56. The third-order valence-corrected chi connectivity index (χ3v) is 7.84. The Morgan fingerprint density at radius 3 is 2.47 bits per heavy atom. The van der Waals surface area contributed by atoms with Gasteiger partial charge in [0.05, 0.1) is 60.4 Å². The lowest BCUT2D eigenvalue weighted by Gasteiger charge is -2.25. The Morgan fingerprint density at radius 1 is 1.07 bits per heavy atom. The van der Waals surface area contributed by atoms with E-state index in [1.54, 1.807) is 57.2 Å². The van der Waals surface area contributed by atoms with E-state index in [0.29, 0.717) is 60.8 Å². The molecule has 0 unspecified atom stereocenters. The Balaban J connectivity index is 1.90. The SMILES string of the molecule is CCOC(=O)C1=C(C)N=c2s/c(=C/c3cc(Cl)c(OC(C)C)c(OC)c3)c(=O)n2[C@@H]1c1ccc(OCC(=O)OC)c(OCC)c1. The highest BCUT2D eigenvalue weighted by molar-refractivity contribution is 7.07. The van der Waals surface area contributed by atoms with Crippen molar-refractivity contribution >= 4 is 41.0 Å². The van der Waals surface area contributed by atoms with Crippen molar-refractivity contribution in [3.8, 4) is 23.0 Å². The third kappa shape index (κ3) is 7.34. The van der Waals surface area contributed by atoms with Gasteiger partial charge in [-0.3, -0.25) is 9.36 Å². The first-order valence-corrected chi connectivity index (χ1v) is 15.4. The first-order valence-electron chi connectivity index (χ1n) is 14.2. The fourth-order valence-corrected chi connectivity index (χ4v) is 6.02. The minimum Gasteiger partial charge on any atom is -0.493 e. The monoisotopic (exact) mass is 658 g/mol. The van der Waals surface area contributed by atoms with E-state index < -0.39 is 18.0 Å². The van der Waals surface area contributed by atoms with E-state index >= 15 is 0 Å². The summed E-state index contributed by atoms with van der Waals surface area (Å²) in [5.41, 5.74) is 1.41. The summed E-state index contributed by atoms with van der Waals surface area (Å²) in [7, 11) is 2.78. The second-order valence-corrected chi connectivity index (χ2v) is 11.4. The molecule has 1 aromatic heterocycles. The fourth-order valence-electron chi connectivity index (χ4n) is 4.71. The number of hydrogen-bond donors (Lipinski definition) is 0. The summed E-state index contributed by atoms with van der Waals surface area (Å²) >= 11 is 7.71. The number of rotatable bonds is 12. The molecule has 0 bridgehead atoms. The van der Waals surface area contributed by atoms with Crippen molar-refractivity contribution < 1.29 is 38.0 Å². The van der Waals surface area contributed by atoms with Gasteiger partial charge in [0.15, 0.2) is 34.4 Å². The maximum atomic E-state index is 14.1. The van der Waals surface area contributed by atoms with Crippen LogP contribution in [0.15, 0.2) is 51.4 Å². The molecule has 0 aliphatic carbocycles. The summed E-state index contributed by atoms with van der Waals surface area (Å²) in [6, 6.07) is 7.52. The second-order valence-electron chi connectivity index (χ2n) is 10.0. The topological polar surface area (TPSA) is 124 Å². The Bertz CT molecular complexity index is 1810. The van der Waals surface area contributed by atoms with Gasteiger partial charge in [0.1, 0.15) is 0 Å². The molecule has 13 heteroatoms. The predicted octanol–water partition coefficient (Wildman–Crippen LogP) is 4.20. The third-order valence-electron chi connectivity index (χ3n) is 6.58. The number of esters is 2. The molecule has 240 valence electrons. The molecule has 4 rings (SSSR count). The smallest absolute Gasteiger partial charge is 0.343 e. The number of carbonyl (C=O) groups excluding carboxylic acids is 2. The zero-order valence-corrected chi connectivity index (χ0v) is 27.7. The van der Waals surface area contributed by atoms with Gasteiger partial charge in [0, 0.05) is 0 Å². The maximum absolute atomic E-state index is 14.1. The van der Waals surface area contributed by atoms with Crippen LogP contribution in [0.4, 0.5) is 0 Å². The van der Waals surface area contributed by atoms with Crippen LogP contribution in [0.1, 0.15) is 51.8 Å². The van der Waals surface area contributed by atoms with E-state index in [-0.39, 0.29) is 30.5 Å². The van der Waals surface area contributed by atoms with Crippen molar-refractivity contribution in [2.75, 3.05) is 34.0 Å². The first kappa shape index (κ1) is 33.6. The zero-order valence-electron chi connectivity index (χ0n) is 26.1. The van der Waals surface area contributed by atoms with Crippen molar-refractivity contribution in [2.45, 2.75) is 46.8 Å². The highest BCUT2D eigenvalue weighted by Crippen LogP contribution is 2.38. The average Bonchev–Trinajstić information content (AvgIpc) is 3.30. The molecule has 0 N–H and O–H groups in total. The molecule has 0 saturated heterocycles. The van der Waals surface area contributed by atoms with Gasteiger partial charge >= 0.3 is 11.9 Å². The lowest BCUT2D eigenvalue weighted by atomic mass is 9.95. The molecular formula is C32H35ClN2O9S. The highest BCUT2D eigenvalue weighted by atomic mass is 35.5. The van der Waals surface area contributed by atoms with E-state index in [9.17, 15) is 14.4 Å². The van der Waals surface area contributed by atoms with Crippen LogP contribution < -0.4 is 33.8 Å². The number of ether oxygens (including phenoxy) is 6. The molecule has 1 aliphatic heterocycles. The predicted molar refractivity (Wildman–Crippen MR) is 169 cm³/mol. The van der Waals surface area contributed by atoms with Gasteiger partial charge in [-0.05, 0) is 76.1 Å². The summed E-state index contributed by atoms with van der Waals surface area (Å²) in [4.78, 5) is 44.1. The molecule has 0 radical (unpaired) electrons. The molecule has 0 spiro atoms. The number of allylic oxidation sites excluding steroid dienone is 1. The minimum atomic E-state index is -0.892. The Labute approximate surface area is 269 Å². The van der Waals surface area contributed by atoms with E-state index in [4.69, 9.17) is 35.3 Å². The lowest BCUT2D eigenvalue weighted by molar-refractivity contribution is -0.143. The number of benzene rings is 2. The van der Waals surface area contributed by atoms with E-state index in [1.807, 2.05) is 13.8 Å². The Kier molecular flexibility index (Phi) is 10.9. The molecule has 2 heterocycles. The van der Waals surface area contributed by atoms with Crippen LogP contribution in [0.3, 0.4) is 0 Å². The quantitative estimate of drug-likeness (QED) is 0.264. The Morgan fingerprint density at radius 2 is 1.82 bits per heavy atom. The van der Waals surface area contributed by atoms with Crippen LogP contribution in [0.5, 0.6) is 23.0 Å². The van der Waals surface area contributed by atoms with Crippen LogP contribution in [0.2, 0.25) is 5.02 Å². The van der Waals surface area contributed by atoms with Crippen molar-refractivity contribution in [1.82, 2.24) is 4.57 Å². The van der Waals surface area contributed by atoms with Crippen LogP contribution in [-0.2, 0) is 19.1 Å². The second kappa shape index (κ2) is 14.7. The summed E-state index contributed by atoms with van der Waals surface area (Å²) in [5, 5.41) is 0.332. The average molecular weight is 659 g/mol. The van der Waals surface area contributed by atoms with Gasteiger partial charge in [-0.25, -0.2) is 14.6 Å². The molecule has 11 nitrogen and oxygen atoms in total. The van der Waals surface area contributed by atoms with Crippen molar-refractivity contribution in [3.05, 3.63) is 77.4 Å². The summed E-state index contributed by atoms with van der Waals surface area (Å²) in [5.74, 6) is 0.298. The number of fused-ring (bicyclic) bond motifs is 1. The number of thiazole rings is 1. The number of carbonyl (C=O) groups is 2. The first-order chi connectivity index (χ1) is 21.5. The normalized spacial score (nSPS) is 14.5. The molecule has 0 fully saturated rings. The maximum Gasteiger partial charge on any atom is 0.343 e. The Hall–Kier alpha value is -4.29. The van der Waals surface area contributed by atoms with Gasteiger partial charge in [-0.1, -0.05) is 29.0 Å². The standard InChI is InChI=1S/C32H35ClN2O9S/c1-8-41-23-15-20(10-11-22(23)43-16-26(36)40-7)28-27(31(38)42-9-2)18(5)34-32-35(28)30(37)25(45-32)14-19-12-21(33)29(44-17(3)4)24(13-19)39-6/h10-15,17,28H,8-9,16H2,1-7H3/b25-14+/t28-/m1/s1. The van der Waals surface area contributed by atoms with Gasteiger partial charge in [0.25, 0.3) is 5.56 Å². The minimum absolute atomic E-state index is 0.125. The molecule has 0 amide bonds.